The molecule has 21 heavy (non-hydrogen) atoms. The standard InChI is InChI=1S/C16H20N4O/c1-12-15(9-18-20(12)8-4-7-17)16(21)19-10-13-5-2-3-6-14(13)11-19/h2-3,5-6,9H,4,7-8,10-11,17H2,1H3. The van der Waals surface area contributed by atoms with Crippen LogP contribution in [0.2, 0.25) is 0 Å². The van der Waals surface area contributed by atoms with Gasteiger partial charge in [0.1, 0.15) is 0 Å². The fraction of sp³-hybridized carbons (Fsp3) is 0.375. The van der Waals surface area contributed by atoms with Gasteiger partial charge < -0.3 is 10.6 Å². The average molecular weight is 284 g/mol. The molecule has 0 fully saturated rings. The zero-order valence-electron chi connectivity index (χ0n) is 12.2. The third-order valence-electron chi connectivity index (χ3n) is 4.04. The van der Waals surface area contributed by atoms with E-state index in [9.17, 15) is 4.79 Å². The van der Waals surface area contributed by atoms with Gasteiger partial charge in [-0.3, -0.25) is 9.48 Å². The van der Waals surface area contributed by atoms with Crippen molar-refractivity contribution in [3.63, 3.8) is 0 Å². The van der Waals surface area contributed by atoms with Gasteiger partial charge in [0.05, 0.1) is 11.8 Å². The number of hydrogen-bond donors (Lipinski definition) is 1. The normalized spacial score (nSPS) is 13.5. The number of nitrogens with zero attached hydrogens (tertiary/aromatic N) is 3. The second-order valence-electron chi connectivity index (χ2n) is 5.44. The van der Waals surface area contributed by atoms with Crippen LogP contribution in [-0.4, -0.2) is 27.1 Å². The van der Waals surface area contributed by atoms with Crippen molar-refractivity contribution in [2.45, 2.75) is 33.0 Å². The van der Waals surface area contributed by atoms with Gasteiger partial charge in [0.25, 0.3) is 5.91 Å². The van der Waals surface area contributed by atoms with Crippen molar-refractivity contribution in [2.24, 2.45) is 5.73 Å². The Morgan fingerprint density at radius 2 is 1.95 bits per heavy atom. The van der Waals surface area contributed by atoms with E-state index in [-0.39, 0.29) is 5.91 Å². The number of fused-ring (bicyclic) bond motifs is 1. The number of aromatic nitrogens is 2. The van der Waals surface area contributed by atoms with Gasteiger partial charge in [-0.1, -0.05) is 24.3 Å². The number of benzene rings is 1. The van der Waals surface area contributed by atoms with Gasteiger partial charge in [0.15, 0.2) is 0 Å². The fourth-order valence-corrected chi connectivity index (χ4v) is 2.77. The summed E-state index contributed by atoms with van der Waals surface area (Å²) in [4.78, 5) is 14.5. The first kappa shape index (κ1) is 13.8. The van der Waals surface area contributed by atoms with Crippen LogP contribution in [0.25, 0.3) is 0 Å². The highest BCUT2D eigenvalue weighted by Crippen LogP contribution is 2.24. The van der Waals surface area contributed by atoms with Gasteiger partial charge in [-0.25, -0.2) is 0 Å². The van der Waals surface area contributed by atoms with E-state index < -0.39 is 0 Å². The molecule has 5 nitrogen and oxygen atoms in total. The number of carbonyl (C=O) groups excluding carboxylic acids is 1. The zero-order chi connectivity index (χ0) is 14.8. The van der Waals surface area contributed by atoms with Crippen molar-refractivity contribution in [1.82, 2.24) is 14.7 Å². The first-order valence-electron chi connectivity index (χ1n) is 7.29. The van der Waals surface area contributed by atoms with Crippen LogP contribution in [0.4, 0.5) is 0 Å². The predicted molar refractivity (Wildman–Crippen MR) is 80.7 cm³/mol. The minimum absolute atomic E-state index is 0.0581. The molecule has 0 bridgehead atoms. The Hall–Kier alpha value is -2.14. The van der Waals surface area contributed by atoms with Gasteiger partial charge in [-0.2, -0.15) is 5.10 Å². The largest absolute Gasteiger partial charge is 0.330 e. The molecule has 0 saturated carbocycles. The van der Waals surface area contributed by atoms with Crippen molar-refractivity contribution < 1.29 is 4.79 Å². The molecule has 0 aliphatic carbocycles. The Balaban J connectivity index is 1.77. The molecule has 0 atom stereocenters. The molecule has 1 aromatic carbocycles. The van der Waals surface area contributed by atoms with Crippen LogP contribution in [0.1, 0.15) is 33.6 Å². The van der Waals surface area contributed by atoms with Crippen LogP contribution in [0, 0.1) is 6.92 Å². The number of rotatable bonds is 4. The van der Waals surface area contributed by atoms with Crippen molar-refractivity contribution in [1.29, 1.82) is 0 Å². The monoisotopic (exact) mass is 284 g/mol. The number of aryl methyl sites for hydroxylation is 1. The number of carbonyl (C=O) groups is 1. The molecule has 0 radical (unpaired) electrons. The van der Waals surface area contributed by atoms with Crippen LogP contribution >= 0.6 is 0 Å². The van der Waals surface area contributed by atoms with Crippen LogP contribution < -0.4 is 5.73 Å². The molecule has 1 aliphatic rings. The first-order chi connectivity index (χ1) is 10.2. The summed E-state index contributed by atoms with van der Waals surface area (Å²) in [5.74, 6) is 0.0581. The van der Waals surface area contributed by atoms with Crippen LogP contribution in [-0.2, 0) is 19.6 Å². The molecule has 110 valence electrons. The summed E-state index contributed by atoms with van der Waals surface area (Å²) in [6, 6.07) is 8.20. The lowest BCUT2D eigenvalue weighted by atomic mass is 10.1. The zero-order valence-corrected chi connectivity index (χ0v) is 12.2. The van der Waals surface area contributed by atoms with E-state index in [4.69, 9.17) is 5.73 Å². The Morgan fingerprint density at radius 3 is 2.57 bits per heavy atom. The van der Waals surface area contributed by atoms with Crippen molar-refractivity contribution >= 4 is 5.91 Å². The minimum atomic E-state index is 0.0581. The smallest absolute Gasteiger partial charge is 0.257 e. The molecule has 1 amide bonds. The summed E-state index contributed by atoms with van der Waals surface area (Å²) < 4.78 is 1.86. The van der Waals surface area contributed by atoms with Gasteiger partial charge in [0.2, 0.25) is 0 Å². The summed E-state index contributed by atoms with van der Waals surface area (Å²) in [6.07, 6.45) is 2.54. The summed E-state index contributed by atoms with van der Waals surface area (Å²) in [6.45, 7) is 4.70. The molecule has 2 heterocycles. The molecule has 0 unspecified atom stereocenters. The SMILES string of the molecule is Cc1c(C(=O)N2Cc3ccccc3C2)cnn1CCCN. The lowest BCUT2D eigenvalue weighted by molar-refractivity contribution is 0.0750. The maximum absolute atomic E-state index is 12.7. The van der Waals surface area contributed by atoms with E-state index in [1.165, 1.54) is 11.1 Å². The lowest BCUT2D eigenvalue weighted by Gasteiger charge is -2.15. The van der Waals surface area contributed by atoms with E-state index in [1.807, 2.05) is 28.6 Å². The van der Waals surface area contributed by atoms with Gasteiger partial charge >= 0.3 is 0 Å². The third-order valence-corrected chi connectivity index (χ3v) is 4.04. The molecule has 0 saturated heterocycles. The Labute approximate surface area is 124 Å². The van der Waals surface area contributed by atoms with E-state index in [0.29, 0.717) is 25.2 Å². The summed E-state index contributed by atoms with van der Waals surface area (Å²) in [7, 11) is 0. The predicted octanol–water partition coefficient (Wildman–Crippen LogP) is 1.70. The number of nitrogens with two attached hydrogens (primary N) is 1. The van der Waals surface area contributed by atoms with E-state index in [1.54, 1.807) is 6.20 Å². The van der Waals surface area contributed by atoms with Gasteiger partial charge in [-0.05, 0) is 31.0 Å². The lowest BCUT2D eigenvalue weighted by Crippen LogP contribution is -2.25. The highest BCUT2D eigenvalue weighted by Gasteiger charge is 2.26. The highest BCUT2D eigenvalue weighted by atomic mass is 16.2. The highest BCUT2D eigenvalue weighted by molar-refractivity contribution is 5.95. The molecule has 0 spiro atoms. The van der Waals surface area contributed by atoms with Crippen molar-refractivity contribution in [2.75, 3.05) is 6.54 Å². The van der Waals surface area contributed by atoms with E-state index in [2.05, 4.69) is 17.2 Å². The maximum atomic E-state index is 12.7. The number of amides is 1. The summed E-state index contributed by atoms with van der Waals surface area (Å²) >= 11 is 0. The first-order valence-corrected chi connectivity index (χ1v) is 7.29. The second kappa shape index (κ2) is 5.69. The van der Waals surface area contributed by atoms with Crippen molar-refractivity contribution in [3.8, 4) is 0 Å². The second-order valence-corrected chi connectivity index (χ2v) is 5.44. The molecule has 2 N–H and O–H groups in total. The van der Waals surface area contributed by atoms with Crippen LogP contribution in [0.5, 0.6) is 0 Å². The third kappa shape index (κ3) is 2.56. The quantitative estimate of drug-likeness (QED) is 0.929. The minimum Gasteiger partial charge on any atom is -0.330 e. The molecule has 1 aliphatic heterocycles. The van der Waals surface area contributed by atoms with Crippen molar-refractivity contribution in [3.05, 3.63) is 52.8 Å². The van der Waals surface area contributed by atoms with Gasteiger partial charge in [-0.15, -0.1) is 0 Å². The molecule has 5 heteroatoms. The molecular formula is C16H20N4O. The fourth-order valence-electron chi connectivity index (χ4n) is 2.77. The molecule has 1 aromatic heterocycles. The number of hydrogen-bond acceptors (Lipinski definition) is 3. The average Bonchev–Trinajstić information content (AvgIpc) is 3.08. The molecule has 3 rings (SSSR count). The summed E-state index contributed by atoms with van der Waals surface area (Å²) in [5, 5.41) is 4.31. The topological polar surface area (TPSA) is 64.2 Å². The van der Waals surface area contributed by atoms with E-state index in [0.717, 1.165) is 18.7 Å². The molecular weight excluding hydrogens is 264 g/mol. The molecule has 2 aromatic rings. The van der Waals surface area contributed by atoms with E-state index >= 15 is 0 Å². The van der Waals surface area contributed by atoms with Crippen LogP contribution in [0.3, 0.4) is 0 Å². The van der Waals surface area contributed by atoms with Crippen LogP contribution in [0.15, 0.2) is 30.5 Å². The van der Waals surface area contributed by atoms with Gasteiger partial charge in [0, 0.05) is 25.3 Å². The summed E-state index contributed by atoms with van der Waals surface area (Å²) in [5.41, 5.74) is 9.61. The Bertz CT molecular complexity index is 637. The Kier molecular flexibility index (Phi) is 3.75. The maximum Gasteiger partial charge on any atom is 0.257 e. The Morgan fingerprint density at radius 1 is 1.29 bits per heavy atom.